The quantitative estimate of drug-likeness (QED) is 0.875. The van der Waals surface area contributed by atoms with E-state index in [-0.39, 0.29) is 11.1 Å². The fourth-order valence-electron chi connectivity index (χ4n) is 1.96. The molecule has 0 amide bonds. The van der Waals surface area contributed by atoms with E-state index in [4.69, 9.17) is 0 Å². The second kappa shape index (κ2) is 6.69. The smallest absolute Gasteiger partial charge is 0.243 e. The van der Waals surface area contributed by atoms with E-state index in [1.54, 1.807) is 0 Å². The molecular weight excluding hydrogens is 331 g/mol. The fourth-order valence-corrected chi connectivity index (χ4v) is 3.14. The zero-order valence-corrected chi connectivity index (χ0v) is 12.9. The molecule has 0 radical (unpaired) electrons. The highest BCUT2D eigenvalue weighted by Crippen LogP contribution is 2.20. The topological polar surface area (TPSA) is 66.4 Å². The number of hydrogen-bond acceptors (Lipinski definition) is 3. The first kappa shape index (κ1) is 17.5. The van der Waals surface area contributed by atoms with Crippen molar-refractivity contribution in [1.82, 2.24) is 4.72 Å². The highest BCUT2D eigenvalue weighted by molar-refractivity contribution is 7.89. The molecule has 2 N–H and O–H groups in total. The van der Waals surface area contributed by atoms with Crippen LogP contribution in [-0.2, 0) is 10.0 Å². The minimum atomic E-state index is -4.32. The number of hydrogen-bond donors (Lipinski definition) is 2. The highest BCUT2D eigenvalue weighted by Gasteiger charge is 2.22. The van der Waals surface area contributed by atoms with Gasteiger partial charge >= 0.3 is 0 Å². The molecule has 0 saturated carbocycles. The zero-order valence-electron chi connectivity index (χ0n) is 12.1. The molecule has 0 aliphatic heterocycles. The third-order valence-electron chi connectivity index (χ3n) is 3.23. The number of rotatable bonds is 5. The van der Waals surface area contributed by atoms with Gasteiger partial charge in [0.05, 0.1) is 6.10 Å². The van der Waals surface area contributed by atoms with Crippen LogP contribution < -0.4 is 4.72 Å². The molecule has 0 aromatic heterocycles. The second-order valence-corrected chi connectivity index (χ2v) is 6.66. The molecule has 124 valence electrons. The molecule has 8 heteroatoms. The minimum absolute atomic E-state index is 0.0403. The summed E-state index contributed by atoms with van der Waals surface area (Å²) in [5.74, 6) is -2.81. The van der Waals surface area contributed by atoms with Gasteiger partial charge in [0.15, 0.2) is 0 Å². The van der Waals surface area contributed by atoms with Crippen molar-refractivity contribution in [1.29, 1.82) is 0 Å². The van der Waals surface area contributed by atoms with Gasteiger partial charge in [-0.3, -0.25) is 0 Å². The summed E-state index contributed by atoms with van der Waals surface area (Å²) < 4.78 is 66.5. The normalized spacial score (nSPS) is 13.1. The molecular formula is C15H14F3NO3S. The van der Waals surface area contributed by atoms with Gasteiger partial charge in [0, 0.05) is 18.2 Å². The van der Waals surface area contributed by atoms with E-state index in [9.17, 15) is 26.7 Å². The van der Waals surface area contributed by atoms with Crippen LogP contribution in [0.2, 0.25) is 0 Å². The molecule has 2 aromatic carbocycles. The molecule has 23 heavy (non-hydrogen) atoms. The Morgan fingerprint density at radius 3 is 2.39 bits per heavy atom. The molecule has 0 bridgehead atoms. The third-order valence-corrected chi connectivity index (χ3v) is 4.67. The van der Waals surface area contributed by atoms with Gasteiger partial charge in [0.2, 0.25) is 10.0 Å². The Kier molecular flexibility index (Phi) is 5.08. The molecule has 0 aliphatic rings. The lowest BCUT2D eigenvalue weighted by atomic mass is 10.1. The Balaban J connectivity index is 2.20. The molecule has 2 aromatic rings. The molecule has 0 saturated heterocycles. The van der Waals surface area contributed by atoms with E-state index >= 15 is 0 Å². The van der Waals surface area contributed by atoms with E-state index in [2.05, 4.69) is 0 Å². The van der Waals surface area contributed by atoms with Gasteiger partial charge in [-0.2, -0.15) is 0 Å². The van der Waals surface area contributed by atoms with Crippen LogP contribution in [0.3, 0.4) is 0 Å². The zero-order chi connectivity index (χ0) is 17.2. The van der Waals surface area contributed by atoms with Gasteiger partial charge in [-0.15, -0.1) is 0 Å². The van der Waals surface area contributed by atoms with Crippen LogP contribution in [-0.4, -0.2) is 20.1 Å². The van der Waals surface area contributed by atoms with E-state index in [1.807, 2.05) is 4.72 Å². The number of aryl methyl sites for hydroxylation is 1. The lowest BCUT2D eigenvalue weighted by Gasteiger charge is -2.14. The van der Waals surface area contributed by atoms with Crippen LogP contribution in [0.1, 0.15) is 17.2 Å². The largest absolute Gasteiger partial charge is 0.387 e. The van der Waals surface area contributed by atoms with Crippen molar-refractivity contribution in [3.05, 3.63) is 65.0 Å². The predicted octanol–water partition coefficient (Wildman–Crippen LogP) is 2.42. The summed E-state index contributed by atoms with van der Waals surface area (Å²) in [6.07, 6.45) is -1.45. The SMILES string of the molecule is Cc1cc(S(=O)(=O)NCC(O)c2ccccc2F)c(F)cc1F. The van der Waals surface area contributed by atoms with Crippen LogP contribution in [0.15, 0.2) is 41.3 Å². The van der Waals surface area contributed by atoms with Gasteiger partial charge in [-0.1, -0.05) is 18.2 Å². The second-order valence-electron chi connectivity index (χ2n) is 4.92. The number of nitrogens with one attached hydrogen (secondary N) is 1. The number of aliphatic hydroxyl groups is 1. The summed E-state index contributed by atoms with van der Waals surface area (Å²) in [6, 6.07) is 6.65. The molecule has 1 unspecified atom stereocenters. The molecule has 0 spiro atoms. The van der Waals surface area contributed by atoms with Crippen molar-refractivity contribution in [2.24, 2.45) is 0 Å². The summed E-state index contributed by atoms with van der Waals surface area (Å²) in [6.45, 7) is 0.737. The van der Waals surface area contributed by atoms with Crippen LogP contribution in [0.25, 0.3) is 0 Å². The maximum absolute atomic E-state index is 13.7. The monoisotopic (exact) mass is 345 g/mol. The standard InChI is InChI=1S/C15H14F3NO3S/c1-9-6-15(13(18)7-12(9)17)23(21,22)19-8-14(20)10-4-2-3-5-11(10)16/h2-7,14,19-20H,8H2,1H3. The van der Waals surface area contributed by atoms with Gasteiger partial charge < -0.3 is 5.11 Å². The maximum Gasteiger partial charge on any atom is 0.243 e. The first-order valence-electron chi connectivity index (χ1n) is 6.60. The third kappa shape index (κ3) is 3.90. The Hall–Kier alpha value is -1.90. The lowest BCUT2D eigenvalue weighted by Crippen LogP contribution is -2.29. The van der Waals surface area contributed by atoms with Crippen molar-refractivity contribution in [2.75, 3.05) is 6.54 Å². The van der Waals surface area contributed by atoms with Gasteiger partial charge in [-0.05, 0) is 24.6 Å². The van der Waals surface area contributed by atoms with Crippen LogP contribution in [0.4, 0.5) is 13.2 Å². The summed E-state index contributed by atoms with van der Waals surface area (Å²) in [7, 11) is -4.32. The molecule has 0 heterocycles. The van der Waals surface area contributed by atoms with Crippen molar-refractivity contribution >= 4 is 10.0 Å². The first-order chi connectivity index (χ1) is 10.7. The Morgan fingerprint density at radius 1 is 1.09 bits per heavy atom. The van der Waals surface area contributed by atoms with Crippen molar-refractivity contribution in [3.8, 4) is 0 Å². The number of benzene rings is 2. The number of sulfonamides is 1. The van der Waals surface area contributed by atoms with Crippen molar-refractivity contribution in [2.45, 2.75) is 17.9 Å². The summed E-state index contributed by atoms with van der Waals surface area (Å²) in [4.78, 5) is -0.739. The summed E-state index contributed by atoms with van der Waals surface area (Å²) in [5, 5.41) is 9.86. The van der Waals surface area contributed by atoms with Crippen molar-refractivity contribution < 1.29 is 26.7 Å². The van der Waals surface area contributed by atoms with Crippen LogP contribution >= 0.6 is 0 Å². The summed E-state index contributed by atoms with van der Waals surface area (Å²) in [5.41, 5.74) is -0.132. The number of halogens is 3. The lowest BCUT2D eigenvalue weighted by molar-refractivity contribution is 0.177. The first-order valence-corrected chi connectivity index (χ1v) is 8.08. The Bertz CT molecular complexity index is 825. The maximum atomic E-state index is 13.7. The van der Waals surface area contributed by atoms with E-state index in [1.165, 1.54) is 25.1 Å². The number of aliphatic hydroxyl groups excluding tert-OH is 1. The van der Waals surface area contributed by atoms with Gasteiger partial charge in [0.1, 0.15) is 22.3 Å². The molecule has 0 aliphatic carbocycles. The Morgan fingerprint density at radius 2 is 1.74 bits per heavy atom. The van der Waals surface area contributed by atoms with E-state index in [0.717, 1.165) is 12.1 Å². The van der Waals surface area contributed by atoms with Gasteiger partial charge in [-0.25, -0.2) is 26.3 Å². The van der Waals surface area contributed by atoms with E-state index in [0.29, 0.717) is 6.07 Å². The molecule has 0 fully saturated rings. The van der Waals surface area contributed by atoms with Crippen molar-refractivity contribution in [3.63, 3.8) is 0 Å². The fraction of sp³-hybridized carbons (Fsp3) is 0.200. The Labute approximate surface area is 131 Å². The van der Waals surface area contributed by atoms with Crippen LogP contribution in [0.5, 0.6) is 0 Å². The molecule has 4 nitrogen and oxygen atoms in total. The summed E-state index contributed by atoms with van der Waals surface area (Å²) >= 11 is 0. The molecule has 1 atom stereocenters. The van der Waals surface area contributed by atoms with Gasteiger partial charge in [0.25, 0.3) is 0 Å². The average Bonchev–Trinajstić information content (AvgIpc) is 2.49. The van der Waals surface area contributed by atoms with Crippen LogP contribution in [0, 0.1) is 24.4 Å². The predicted molar refractivity (Wildman–Crippen MR) is 77.6 cm³/mol. The van der Waals surface area contributed by atoms with E-state index < -0.39 is 45.0 Å². The average molecular weight is 345 g/mol. The molecule has 2 rings (SSSR count). The highest BCUT2D eigenvalue weighted by atomic mass is 32.2. The minimum Gasteiger partial charge on any atom is -0.387 e.